The normalized spacial score (nSPS) is 17.3. The second-order valence-corrected chi connectivity index (χ2v) is 6.14. The second-order valence-electron chi connectivity index (χ2n) is 5.16. The lowest BCUT2D eigenvalue weighted by atomic mass is 9.90. The summed E-state index contributed by atoms with van der Waals surface area (Å²) in [6.45, 7) is -0.166. The van der Waals surface area contributed by atoms with Gasteiger partial charge in [0.25, 0.3) is 0 Å². The van der Waals surface area contributed by atoms with Gasteiger partial charge in [-0.05, 0) is 6.07 Å². The fourth-order valence-corrected chi connectivity index (χ4v) is 3.16. The first-order valence-electron chi connectivity index (χ1n) is 6.48. The number of aliphatic hydroxyl groups is 1. The van der Waals surface area contributed by atoms with E-state index in [-0.39, 0.29) is 17.8 Å². The maximum atomic E-state index is 12.2. The maximum Gasteiger partial charge on any atom is 0.422 e. The number of ether oxygens (including phenoxy) is 2. The van der Waals surface area contributed by atoms with Crippen LogP contribution in [0.2, 0.25) is 0 Å². The molecule has 1 fully saturated rings. The third-order valence-corrected chi connectivity index (χ3v) is 4.51. The number of hydrogen-bond acceptors (Lipinski definition) is 4. The van der Waals surface area contributed by atoms with Crippen molar-refractivity contribution in [2.45, 2.75) is 11.9 Å². The van der Waals surface area contributed by atoms with Gasteiger partial charge in [0.05, 0.1) is 19.8 Å². The van der Waals surface area contributed by atoms with Gasteiger partial charge in [0.15, 0.2) is 6.61 Å². The van der Waals surface area contributed by atoms with Crippen molar-refractivity contribution < 1.29 is 27.8 Å². The smallest absolute Gasteiger partial charge is 0.422 e. The van der Waals surface area contributed by atoms with Gasteiger partial charge in [-0.15, -0.1) is 0 Å². The fourth-order valence-electron chi connectivity index (χ4n) is 1.91. The van der Waals surface area contributed by atoms with E-state index in [2.05, 4.69) is 0 Å². The zero-order chi connectivity index (χ0) is 15.3. The molecule has 3 nitrogen and oxygen atoms in total. The molecule has 0 unspecified atom stereocenters. The number of hydrogen-bond donors (Lipinski definition) is 1. The van der Waals surface area contributed by atoms with Crippen LogP contribution in [-0.4, -0.2) is 43.5 Å². The highest BCUT2D eigenvalue weighted by Gasteiger charge is 2.37. The van der Waals surface area contributed by atoms with E-state index in [0.29, 0.717) is 24.7 Å². The Morgan fingerprint density at radius 2 is 2.00 bits per heavy atom. The minimum atomic E-state index is -4.34. The summed E-state index contributed by atoms with van der Waals surface area (Å²) in [6.07, 6.45) is -4.34. The van der Waals surface area contributed by atoms with Crippen molar-refractivity contribution in [1.29, 1.82) is 0 Å². The van der Waals surface area contributed by atoms with Crippen LogP contribution in [-0.2, 0) is 10.5 Å². The van der Waals surface area contributed by atoms with E-state index in [1.54, 1.807) is 30.0 Å². The molecule has 0 saturated carbocycles. The number of benzene rings is 1. The number of para-hydroxylation sites is 1. The van der Waals surface area contributed by atoms with E-state index < -0.39 is 12.8 Å². The van der Waals surface area contributed by atoms with Crippen molar-refractivity contribution in [1.82, 2.24) is 0 Å². The SMILES string of the molecule is OCC1(CSCc2ccccc2OCC(F)(F)F)COC1. The molecule has 1 aromatic rings. The number of rotatable bonds is 7. The molecule has 0 amide bonds. The molecular weight excluding hydrogens is 305 g/mol. The molecule has 0 aliphatic carbocycles. The average Bonchev–Trinajstić information content (AvgIpc) is 2.40. The molecule has 0 radical (unpaired) electrons. The molecule has 1 N–H and O–H groups in total. The molecule has 1 aromatic carbocycles. The Labute approximate surface area is 125 Å². The molecule has 0 spiro atoms. The Morgan fingerprint density at radius 1 is 1.29 bits per heavy atom. The summed E-state index contributed by atoms with van der Waals surface area (Å²) >= 11 is 1.56. The molecule has 1 aliphatic heterocycles. The van der Waals surface area contributed by atoms with Gasteiger partial charge in [-0.25, -0.2) is 0 Å². The zero-order valence-electron chi connectivity index (χ0n) is 11.4. The van der Waals surface area contributed by atoms with E-state index >= 15 is 0 Å². The Balaban J connectivity index is 1.87. The Morgan fingerprint density at radius 3 is 2.57 bits per heavy atom. The number of alkyl halides is 3. The summed E-state index contributed by atoms with van der Waals surface area (Å²) < 4.78 is 46.6. The summed E-state index contributed by atoms with van der Waals surface area (Å²) in [5, 5.41) is 9.32. The van der Waals surface area contributed by atoms with Crippen LogP contribution in [0.15, 0.2) is 24.3 Å². The van der Waals surface area contributed by atoms with Crippen LogP contribution in [0.5, 0.6) is 5.75 Å². The van der Waals surface area contributed by atoms with Crippen molar-refractivity contribution in [3.8, 4) is 5.75 Å². The summed E-state index contributed by atoms with van der Waals surface area (Å²) in [5.74, 6) is 1.50. The third-order valence-electron chi connectivity index (χ3n) is 3.18. The standard InChI is InChI=1S/C14H17F3O3S/c15-14(16,17)9-20-12-4-2-1-3-11(12)5-21-10-13(6-18)7-19-8-13/h1-4,18H,5-10H2. The Bertz CT molecular complexity index is 456. The van der Waals surface area contributed by atoms with Crippen LogP contribution < -0.4 is 4.74 Å². The minimum absolute atomic E-state index is 0.0617. The van der Waals surface area contributed by atoms with Gasteiger partial charge in [-0.1, -0.05) is 18.2 Å². The molecule has 1 heterocycles. The van der Waals surface area contributed by atoms with Gasteiger partial charge in [0.2, 0.25) is 0 Å². The molecule has 0 bridgehead atoms. The van der Waals surface area contributed by atoms with Crippen LogP contribution in [0.4, 0.5) is 13.2 Å². The first-order chi connectivity index (χ1) is 9.94. The van der Waals surface area contributed by atoms with E-state index in [0.717, 1.165) is 5.56 Å². The zero-order valence-corrected chi connectivity index (χ0v) is 12.2. The molecular formula is C14H17F3O3S. The highest BCUT2D eigenvalue weighted by atomic mass is 32.2. The van der Waals surface area contributed by atoms with Gasteiger partial charge in [0, 0.05) is 22.5 Å². The van der Waals surface area contributed by atoms with Crippen molar-refractivity contribution in [3.63, 3.8) is 0 Å². The van der Waals surface area contributed by atoms with Crippen LogP contribution in [0, 0.1) is 5.41 Å². The van der Waals surface area contributed by atoms with Crippen molar-refractivity contribution in [3.05, 3.63) is 29.8 Å². The fraction of sp³-hybridized carbons (Fsp3) is 0.571. The second kappa shape index (κ2) is 6.89. The van der Waals surface area contributed by atoms with Crippen LogP contribution in [0.3, 0.4) is 0 Å². The quantitative estimate of drug-likeness (QED) is 0.838. The highest BCUT2D eigenvalue weighted by Crippen LogP contribution is 2.33. The average molecular weight is 322 g/mol. The summed E-state index contributed by atoms with van der Waals surface area (Å²) in [4.78, 5) is 0. The Hall–Kier alpha value is -0.920. The molecule has 1 saturated heterocycles. The summed E-state index contributed by atoms with van der Waals surface area (Å²) in [6, 6.07) is 6.71. The topological polar surface area (TPSA) is 38.7 Å². The number of halogens is 3. The largest absolute Gasteiger partial charge is 0.484 e. The highest BCUT2D eigenvalue weighted by molar-refractivity contribution is 7.98. The van der Waals surface area contributed by atoms with Crippen LogP contribution >= 0.6 is 11.8 Å². The lowest BCUT2D eigenvalue weighted by Gasteiger charge is -2.39. The van der Waals surface area contributed by atoms with E-state index in [4.69, 9.17) is 9.47 Å². The monoisotopic (exact) mass is 322 g/mol. The van der Waals surface area contributed by atoms with E-state index in [1.165, 1.54) is 6.07 Å². The molecule has 1 aliphatic rings. The molecule has 21 heavy (non-hydrogen) atoms. The van der Waals surface area contributed by atoms with Gasteiger partial charge >= 0.3 is 6.18 Å². The van der Waals surface area contributed by atoms with Gasteiger partial charge in [0.1, 0.15) is 5.75 Å². The third kappa shape index (κ3) is 4.79. The summed E-state index contributed by atoms with van der Waals surface area (Å²) in [5.41, 5.74) is 0.520. The number of aliphatic hydroxyl groups excluding tert-OH is 1. The maximum absolute atomic E-state index is 12.2. The van der Waals surface area contributed by atoms with Crippen molar-refractivity contribution in [2.75, 3.05) is 32.2 Å². The van der Waals surface area contributed by atoms with Gasteiger partial charge in [-0.3, -0.25) is 0 Å². The van der Waals surface area contributed by atoms with E-state index in [9.17, 15) is 18.3 Å². The predicted molar refractivity (Wildman–Crippen MR) is 74.5 cm³/mol. The number of thioether (sulfide) groups is 1. The lowest BCUT2D eigenvalue weighted by molar-refractivity contribution is -0.153. The van der Waals surface area contributed by atoms with Gasteiger partial charge in [-0.2, -0.15) is 24.9 Å². The van der Waals surface area contributed by atoms with E-state index in [1.807, 2.05) is 0 Å². The van der Waals surface area contributed by atoms with Gasteiger partial charge < -0.3 is 14.6 Å². The first-order valence-corrected chi connectivity index (χ1v) is 7.63. The Kier molecular flexibility index (Phi) is 5.40. The van der Waals surface area contributed by atoms with Crippen molar-refractivity contribution >= 4 is 11.8 Å². The predicted octanol–water partition coefficient (Wildman–Crippen LogP) is 2.87. The van der Waals surface area contributed by atoms with Crippen LogP contribution in [0.1, 0.15) is 5.56 Å². The molecule has 0 aromatic heterocycles. The molecule has 7 heteroatoms. The van der Waals surface area contributed by atoms with Crippen molar-refractivity contribution in [2.24, 2.45) is 5.41 Å². The van der Waals surface area contributed by atoms with Crippen LogP contribution in [0.25, 0.3) is 0 Å². The summed E-state index contributed by atoms with van der Waals surface area (Å²) in [7, 11) is 0. The lowest BCUT2D eigenvalue weighted by Crippen LogP contribution is -2.47. The molecule has 2 rings (SSSR count). The minimum Gasteiger partial charge on any atom is -0.484 e. The molecule has 118 valence electrons. The molecule has 0 atom stereocenters. The first kappa shape index (κ1) is 16.5.